The molecule has 1 fully saturated rings. The van der Waals surface area contributed by atoms with Crippen molar-refractivity contribution in [2.24, 2.45) is 0 Å². The van der Waals surface area contributed by atoms with Gasteiger partial charge in [0.2, 0.25) is 0 Å². The lowest BCUT2D eigenvalue weighted by Gasteiger charge is -2.13. The zero-order valence-corrected chi connectivity index (χ0v) is 16.0. The minimum Gasteiger partial charge on any atom is -0.350 e. The Kier molecular flexibility index (Phi) is 5.92. The smallest absolute Gasteiger partial charge is 0.293 e. The van der Waals surface area contributed by atoms with E-state index in [9.17, 15) is 14.4 Å². The average molecular weight is 391 g/mol. The molecule has 0 spiro atoms. The molecule has 0 radical (unpaired) electrons. The van der Waals surface area contributed by atoms with Gasteiger partial charge >= 0.3 is 0 Å². The molecule has 2 aromatic rings. The number of carbonyl (C=O) groups excluding carboxylic acids is 3. The van der Waals surface area contributed by atoms with E-state index in [1.807, 2.05) is 37.3 Å². The normalized spacial score (nSPS) is 15.0. The molecule has 0 saturated carbocycles. The molecule has 1 aliphatic heterocycles. The SMILES string of the molecule is Cc1ccc(C=C2SC(=O)N(CCNC(=O)c3cccc(C#N)c3)C2=O)cc1. The number of hydrogen-bond donors (Lipinski definition) is 1. The summed E-state index contributed by atoms with van der Waals surface area (Å²) in [5, 5.41) is 11.2. The van der Waals surface area contributed by atoms with Crippen molar-refractivity contribution >= 4 is 34.9 Å². The molecule has 0 unspecified atom stereocenters. The Morgan fingerprint density at radius 3 is 2.68 bits per heavy atom. The lowest BCUT2D eigenvalue weighted by molar-refractivity contribution is -0.122. The van der Waals surface area contributed by atoms with Gasteiger partial charge in [-0.15, -0.1) is 0 Å². The van der Waals surface area contributed by atoms with Gasteiger partial charge in [-0.2, -0.15) is 5.26 Å². The number of nitriles is 1. The van der Waals surface area contributed by atoms with Crippen molar-refractivity contribution in [3.05, 3.63) is 75.7 Å². The van der Waals surface area contributed by atoms with E-state index in [-0.39, 0.29) is 30.1 Å². The molecule has 6 nitrogen and oxygen atoms in total. The Bertz CT molecular complexity index is 1010. The Hall–Kier alpha value is -3.37. The first-order chi connectivity index (χ1) is 13.5. The zero-order valence-electron chi connectivity index (χ0n) is 15.1. The summed E-state index contributed by atoms with van der Waals surface area (Å²) >= 11 is 0.891. The Balaban J connectivity index is 1.59. The van der Waals surface area contributed by atoms with Crippen molar-refractivity contribution in [1.29, 1.82) is 5.26 Å². The highest BCUT2D eigenvalue weighted by Crippen LogP contribution is 2.31. The van der Waals surface area contributed by atoms with Crippen LogP contribution in [0.1, 0.15) is 27.0 Å². The first-order valence-electron chi connectivity index (χ1n) is 8.58. The summed E-state index contributed by atoms with van der Waals surface area (Å²) in [5.74, 6) is -0.726. The Morgan fingerprint density at radius 1 is 1.21 bits per heavy atom. The molecule has 2 aromatic carbocycles. The molecule has 0 aliphatic carbocycles. The number of nitrogens with zero attached hydrogens (tertiary/aromatic N) is 2. The first kappa shape index (κ1) is 19.4. The van der Waals surface area contributed by atoms with E-state index in [1.54, 1.807) is 24.3 Å². The van der Waals surface area contributed by atoms with Crippen molar-refractivity contribution in [2.45, 2.75) is 6.92 Å². The number of rotatable bonds is 5. The molecule has 1 N–H and O–H groups in total. The van der Waals surface area contributed by atoms with Crippen molar-refractivity contribution in [2.75, 3.05) is 13.1 Å². The largest absolute Gasteiger partial charge is 0.350 e. The molecule has 1 heterocycles. The third-order valence-corrected chi connectivity index (χ3v) is 5.03. The molecular weight excluding hydrogens is 374 g/mol. The third kappa shape index (κ3) is 4.48. The van der Waals surface area contributed by atoms with Gasteiger partial charge in [0.15, 0.2) is 0 Å². The highest BCUT2D eigenvalue weighted by atomic mass is 32.2. The highest BCUT2D eigenvalue weighted by molar-refractivity contribution is 8.18. The molecule has 0 bridgehead atoms. The van der Waals surface area contributed by atoms with Gasteiger partial charge in [-0.25, -0.2) is 0 Å². The number of amides is 3. The molecule has 7 heteroatoms. The summed E-state index contributed by atoms with van der Waals surface area (Å²) in [6.45, 7) is 2.19. The van der Waals surface area contributed by atoms with Crippen LogP contribution in [0.2, 0.25) is 0 Å². The van der Waals surface area contributed by atoms with Gasteiger partial charge in [0.25, 0.3) is 17.1 Å². The maximum absolute atomic E-state index is 12.5. The number of benzene rings is 2. The Morgan fingerprint density at radius 2 is 1.96 bits per heavy atom. The number of imide groups is 1. The summed E-state index contributed by atoms with van der Waals surface area (Å²) in [6, 6.07) is 15.9. The second-order valence-electron chi connectivity index (χ2n) is 6.19. The molecule has 3 amide bonds. The van der Waals surface area contributed by atoms with Crippen LogP contribution in [-0.4, -0.2) is 35.0 Å². The lowest BCUT2D eigenvalue weighted by atomic mass is 10.1. The minimum absolute atomic E-state index is 0.0829. The summed E-state index contributed by atoms with van der Waals surface area (Å²) in [5.41, 5.74) is 2.70. The minimum atomic E-state index is -0.365. The van der Waals surface area contributed by atoms with Crippen LogP contribution in [0.4, 0.5) is 4.79 Å². The monoisotopic (exact) mass is 391 g/mol. The van der Waals surface area contributed by atoms with Crippen molar-refractivity contribution in [1.82, 2.24) is 10.2 Å². The molecule has 28 heavy (non-hydrogen) atoms. The van der Waals surface area contributed by atoms with Gasteiger partial charge in [0, 0.05) is 18.7 Å². The lowest BCUT2D eigenvalue weighted by Crippen LogP contribution is -2.37. The summed E-state index contributed by atoms with van der Waals surface area (Å²) < 4.78 is 0. The van der Waals surface area contributed by atoms with Gasteiger partial charge in [0.05, 0.1) is 16.5 Å². The molecule has 1 saturated heterocycles. The van der Waals surface area contributed by atoms with Crippen molar-refractivity contribution in [3.8, 4) is 6.07 Å². The van der Waals surface area contributed by atoms with Crippen LogP contribution in [0, 0.1) is 18.3 Å². The zero-order chi connectivity index (χ0) is 20.1. The second kappa shape index (κ2) is 8.55. The quantitative estimate of drug-likeness (QED) is 0.790. The number of carbonyl (C=O) groups is 3. The summed E-state index contributed by atoms with van der Waals surface area (Å²) in [4.78, 5) is 38.3. The average Bonchev–Trinajstić information content (AvgIpc) is 2.97. The summed E-state index contributed by atoms with van der Waals surface area (Å²) in [6.07, 6.45) is 1.69. The van der Waals surface area contributed by atoms with Crippen LogP contribution in [-0.2, 0) is 4.79 Å². The van der Waals surface area contributed by atoms with E-state index in [2.05, 4.69) is 5.32 Å². The van der Waals surface area contributed by atoms with Crippen LogP contribution in [0.25, 0.3) is 6.08 Å². The molecule has 1 aliphatic rings. The van der Waals surface area contributed by atoms with Gasteiger partial charge in [-0.3, -0.25) is 19.3 Å². The number of hydrogen-bond acceptors (Lipinski definition) is 5. The number of nitrogens with one attached hydrogen (secondary N) is 1. The molecular formula is C21H17N3O3S. The molecule has 140 valence electrons. The predicted octanol–water partition coefficient (Wildman–Crippen LogP) is 3.33. The van der Waals surface area contributed by atoms with E-state index >= 15 is 0 Å². The fraction of sp³-hybridized carbons (Fsp3) is 0.143. The van der Waals surface area contributed by atoms with E-state index in [0.717, 1.165) is 27.8 Å². The molecule has 3 rings (SSSR count). The maximum Gasteiger partial charge on any atom is 0.293 e. The van der Waals surface area contributed by atoms with Gasteiger partial charge in [-0.1, -0.05) is 35.9 Å². The Labute approximate surface area is 166 Å². The molecule has 0 aromatic heterocycles. The molecule has 0 atom stereocenters. The van der Waals surface area contributed by atoms with Crippen LogP contribution >= 0.6 is 11.8 Å². The van der Waals surface area contributed by atoms with Crippen LogP contribution in [0.3, 0.4) is 0 Å². The predicted molar refractivity (Wildman–Crippen MR) is 107 cm³/mol. The topological polar surface area (TPSA) is 90.3 Å². The van der Waals surface area contributed by atoms with Gasteiger partial charge < -0.3 is 5.32 Å². The standard InChI is InChI=1S/C21H17N3O3S/c1-14-5-7-15(8-6-14)12-18-20(26)24(21(27)28-18)10-9-23-19(25)17-4-2-3-16(11-17)13-22/h2-8,11-12H,9-10H2,1H3,(H,23,25). The summed E-state index contributed by atoms with van der Waals surface area (Å²) in [7, 11) is 0. The maximum atomic E-state index is 12.5. The van der Waals surface area contributed by atoms with E-state index in [1.165, 1.54) is 6.07 Å². The van der Waals surface area contributed by atoms with Crippen molar-refractivity contribution < 1.29 is 14.4 Å². The van der Waals surface area contributed by atoms with Crippen LogP contribution < -0.4 is 5.32 Å². The van der Waals surface area contributed by atoms with E-state index in [4.69, 9.17) is 5.26 Å². The highest BCUT2D eigenvalue weighted by Gasteiger charge is 2.34. The fourth-order valence-electron chi connectivity index (χ4n) is 2.62. The van der Waals surface area contributed by atoms with Gasteiger partial charge in [0.1, 0.15) is 0 Å². The van der Waals surface area contributed by atoms with Crippen LogP contribution in [0.5, 0.6) is 0 Å². The third-order valence-electron chi connectivity index (χ3n) is 4.12. The fourth-order valence-corrected chi connectivity index (χ4v) is 3.49. The van der Waals surface area contributed by atoms with E-state index < -0.39 is 0 Å². The van der Waals surface area contributed by atoms with Gasteiger partial charge in [-0.05, 0) is 48.5 Å². The van der Waals surface area contributed by atoms with Crippen molar-refractivity contribution in [3.63, 3.8) is 0 Å². The second-order valence-corrected chi connectivity index (χ2v) is 7.19. The van der Waals surface area contributed by atoms with E-state index in [0.29, 0.717) is 16.0 Å². The number of thioether (sulfide) groups is 1. The first-order valence-corrected chi connectivity index (χ1v) is 9.40. The number of aryl methyl sites for hydroxylation is 1. The van der Waals surface area contributed by atoms with Crippen LogP contribution in [0.15, 0.2) is 53.4 Å².